The Balaban J connectivity index is 1.92. The molecule has 0 amide bonds. The Bertz CT molecular complexity index is 1240. The van der Waals surface area contributed by atoms with Crippen LogP contribution < -0.4 is 20.7 Å². The van der Waals surface area contributed by atoms with Gasteiger partial charge >= 0.3 is 0 Å². The summed E-state index contributed by atoms with van der Waals surface area (Å²) in [4.78, 5) is 1.04. The van der Waals surface area contributed by atoms with Gasteiger partial charge < -0.3 is 4.57 Å². The lowest BCUT2D eigenvalue weighted by molar-refractivity contribution is 0.920. The number of benzene rings is 4. The molecule has 4 aromatic carbocycles. The van der Waals surface area contributed by atoms with Crippen molar-refractivity contribution in [3.63, 3.8) is 0 Å². The van der Waals surface area contributed by atoms with E-state index >= 15 is 0 Å². The Labute approximate surface area is 181 Å². The Morgan fingerprint density at radius 2 is 1.03 bits per heavy atom. The smallest absolute Gasteiger partial charge is 0.233 e. The predicted octanol–water partition coefficient (Wildman–Crippen LogP) is 5.05. The van der Waals surface area contributed by atoms with Gasteiger partial charge in [0.2, 0.25) is 12.2 Å². The van der Waals surface area contributed by atoms with Crippen LogP contribution in [0.2, 0.25) is 0 Å². The second-order valence-corrected chi connectivity index (χ2v) is 11.2. The molecule has 0 saturated heterocycles. The average molecular weight is 426 g/mol. The summed E-state index contributed by atoms with van der Waals surface area (Å²) < 4.78 is 9.11. The summed E-state index contributed by atoms with van der Waals surface area (Å²) in [5, 5.41) is 3.79. The minimum absolute atomic E-state index is 1.04. The van der Waals surface area contributed by atoms with Crippen LogP contribution in [0.15, 0.2) is 120 Å². The van der Waals surface area contributed by atoms with Crippen molar-refractivity contribution in [2.45, 2.75) is 0 Å². The van der Waals surface area contributed by atoms with Crippen LogP contribution in [-0.2, 0) is 7.05 Å². The highest BCUT2D eigenvalue weighted by Crippen LogP contribution is 2.56. The molecule has 0 bridgehead atoms. The van der Waals surface area contributed by atoms with E-state index in [0.29, 0.717) is 0 Å². The largest absolute Gasteiger partial charge is 0.317 e. The second kappa shape index (κ2) is 8.02. The van der Waals surface area contributed by atoms with Crippen molar-refractivity contribution in [3.8, 4) is 0 Å². The molecule has 0 atom stereocenters. The van der Waals surface area contributed by atoms with E-state index in [4.69, 9.17) is 4.76 Å². The highest BCUT2D eigenvalue weighted by atomic mass is 32.1. The minimum atomic E-state index is -2.24. The van der Waals surface area contributed by atoms with Crippen LogP contribution in [-0.4, -0.2) is 4.57 Å². The third-order valence-electron chi connectivity index (χ3n) is 5.34. The molecule has 0 N–H and O–H groups in total. The van der Waals surface area contributed by atoms with Gasteiger partial charge in [-0.05, 0) is 48.5 Å². The number of nitrogens with zero attached hydrogens (tertiary/aromatic N) is 2. The van der Waals surface area contributed by atoms with E-state index < -0.39 is 7.41 Å². The third-order valence-corrected chi connectivity index (χ3v) is 10.2. The van der Waals surface area contributed by atoms with Crippen molar-refractivity contribution in [1.29, 1.82) is 0 Å². The fourth-order valence-corrected chi connectivity index (χ4v) is 8.72. The molecule has 0 aliphatic heterocycles. The summed E-state index contributed by atoms with van der Waals surface area (Å²) in [5.74, 6) is 0. The molecule has 0 fully saturated rings. The van der Waals surface area contributed by atoms with Crippen molar-refractivity contribution in [1.82, 2.24) is 4.57 Å². The highest BCUT2D eigenvalue weighted by Gasteiger charge is 2.46. The number of aryl methyl sites for hydroxylation is 1. The van der Waals surface area contributed by atoms with Crippen molar-refractivity contribution in [2.75, 3.05) is 0 Å². The SMILES string of the molecule is Cn1c(=N[P+](c2ccccc2)(c2ccccc2)c2ccccc2)sc2ccccc21. The van der Waals surface area contributed by atoms with Crippen LogP contribution in [0.1, 0.15) is 0 Å². The maximum absolute atomic E-state index is 5.63. The van der Waals surface area contributed by atoms with Crippen molar-refractivity contribution < 1.29 is 0 Å². The van der Waals surface area contributed by atoms with Gasteiger partial charge in [0, 0.05) is 7.05 Å². The Hall–Kier alpha value is -3.00. The summed E-state index contributed by atoms with van der Waals surface area (Å²) in [6.07, 6.45) is 0. The summed E-state index contributed by atoms with van der Waals surface area (Å²) >= 11 is 1.76. The van der Waals surface area contributed by atoms with Gasteiger partial charge in [0.25, 0.3) is 0 Å². The molecular weight excluding hydrogens is 403 g/mol. The molecule has 2 nitrogen and oxygen atoms in total. The van der Waals surface area contributed by atoms with Gasteiger partial charge in [-0.3, -0.25) is 0 Å². The zero-order valence-corrected chi connectivity index (χ0v) is 18.4. The second-order valence-electron chi connectivity index (χ2n) is 7.15. The van der Waals surface area contributed by atoms with E-state index in [0.717, 1.165) is 4.80 Å². The maximum Gasteiger partial charge on any atom is 0.233 e. The van der Waals surface area contributed by atoms with Crippen molar-refractivity contribution in [3.05, 3.63) is 120 Å². The quantitative estimate of drug-likeness (QED) is 0.359. The lowest BCUT2D eigenvalue weighted by Crippen LogP contribution is -2.31. The number of hydrogen-bond donors (Lipinski definition) is 0. The van der Waals surface area contributed by atoms with E-state index in [1.165, 1.54) is 26.1 Å². The molecule has 0 unspecified atom stereocenters. The van der Waals surface area contributed by atoms with Gasteiger partial charge in [-0.1, -0.05) is 82.8 Å². The summed E-state index contributed by atoms with van der Waals surface area (Å²) in [7, 11) is -0.124. The van der Waals surface area contributed by atoms with Gasteiger partial charge in [0.1, 0.15) is 15.9 Å². The van der Waals surface area contributed by atoms with Crippen molar-refractivity contribution >= 4 is 44.9 Å². The van der Waals surface area contributed by atoms with Crippen LogP contribution in [0.4, 0.5) is 0 Å². The first-order valence-corrected chi connectivity index (χ1v) is 12.5. The molecule has 1 heterocycles. The lowest BCUT2D eigenvalue weighted by Gasteiger charge is -2.21. The van der Waals surface area contributed by atoms with Crippen LogP contribution >= 0.6 is 18.7 Å². The zero-order chi connectivity index (χ0) is 20.4. The highest BCUT2D eigenvalue weighted by molar-refractivity contribution is 7.94. The molecular formula is C26H22N2PS+. The van der Waals surface area contributed by atoms with Crippen LogP contribution in [0, 0.1) is 0 Å². The summed E-state index contributed by atoms with van der Waals surface area (Å²) in [5.41, 5.74) is 1.22. The van der Waals surface area contributed by atoms with Crippen LogP contribution in [0.5, 0.6) is 0 Å². The van der Waals surface area contributed by atoms with Gasteiger partial charge in [-0.25, -0.2) is 0 Å². The standard InChI is InChI=1S/C26H22N2PS/c1-28-24-19-11-12-20-25(24)30-26(28)27-29(21-13-5-2-6-14-21,22-15-7-3-8-16-22)23-17-9-4-10-18-23/h2-20H,1H3/q+1. The molecule has 0 aliphatic rings. The lowest BCUT2D eigenvalue weighted by atomic mass is 10.3. The first-order valence-electron chi connectivity index (χ1n) is 9.96. The Morgan fingerprint density at radius 1 is 0.600 bits per heavy atom. The summed E-state index contributed by atoms with van der Waals surface area (Å²) in [6, 6.07) is 40.8. The van der Waals surface area contributed by atoms with Gasteiger partial charge in [0.05, 0.1) is 10.2 Å². The average Bonchev–Trinajstić information content (AvgIpc) is 3.14. The molecule has 146 valence electrons. The molecule has 4 heteroatoms. The molecule has 5 rings (SSSR count). The molecule has 0 radical (unpaired) electrons. The number of rotatable bonds is 4. The fraction of sp³-hybridized carbons (Fsp3) is 0.0385. The molecule has 5 aromatic rings. The molecule has 1 aromatic heterocycles. The number of fused-ring (bicyclic) bond motifs is 1. The van der Waals surface area contributed by atoms with Gasteiger partial charge in [0.15, 0.2) is 0 Å². The van der Waals surface area contributed by atoms with Crippen molar-refractivity contribution in [2.24, 2.45) is 11.8 Å². The molecule has 0 spiro atoms. The Morgan fingerprint density at radius 3 is 1.50 bits per heavy atom. The number of para-hydroxylation sites is 1. The van der Waals surface area contributed by atoms with Crippen LogP contribution in [0.3, 0.4) is 0 Å². The van der Waals surface area contributed by atoms with E-state index in [2.05, 4.69) is 127 Å². The molecule has 30 heavy (non-hydrogen) atoms. The fourth-order valence-electron chi connectivity index (χ4n) is 3.86. The first kappa shape index (κ1) is 19.0. The maximum atomic E-state index is 5.63. The number of hydrogen-bond acceptors (Lipinski definition) is 2. The van der Waals surface area contributed by atoms with E-state index in [1.54, 1.807) is 11.3 Å². The van der Waals surface area contributed by atoms with E-state index in [9.17, 15) is 0 Å². The topological polar surface area (TPSA) is 17.3 Å². The van der Waals surface area contributed by atoms with E-state index in [-0.39, 0.29) is 0 Å². The monoisotopic (exact) mass is 425 g/mol. The van der Waals surface area contributed by atoms with Gasteiger partial charge in [-0.15, -0.1) is 0 Å². The first-order chi connectivity index (χ1) is 14.8. The Kier molecular flexibility index (Phi) is 5.08. The summed E-state index contributed by atoms with van der Waals surface area (Å²) in [6.45, 7) is 0. The normalized spacial score (nSPS) is 12.4. The van der Waals surface area contributed by atoms with E-state index in [1.807, 2.05) is 0 Å². The minimum Gasteiger partial charge on any atom is -0.317 e. The van der Waals surface area contributed by atoms with Crippen LogP contribution in [0.25, 0.3) is 10.2 Å². The number of aromatic nitrogens is 1. The predicted molar refractivity (Wildman–Crippen MR) is 132 cm³/mol. The van der Waals surface area contributed by atoms with Gasteiger partial charge in [-0.2, -0.15) is 0 Å². The zero-order valence-electron chi connectivity index (χ0n) is 16.7. The third kappa shape index (κ3) is 3.21. The number of thiazole rings is 1. The molecule has 0 saturated carbocycles. The molecule has 0 aliphatic carbocycles.